The van der Waals surface area contributed by atoms with Crippen molar-refractivity contribution in [3.63, 3.8) is 0 Å². The summed E-state index contributed by atoms with van der Waals surface area (Å²) >= 11 is 0. The summed E-state index contributed by atoms with van der Waals surface area (Å²) in [6.45, 7) is 11.5. The Morgan fingerprint density at radius 2 is 1.19 bits per heavy atom. The number of rotatable bonds is 15. The molecule has 0 radical (unpaired) electrons. The minimum absolute atomic E-state index is 0. The van der Waals surface area contributed by atoms with Gasteiger partial charge in [-0.25, -0.2) is 24.0 Å². The van der Waals surface area contributed by atoms with Crippen molar-refractivity contribution in [3.8, 4) is 0 Å². The second-order valence-corrected chi connectivity index (χ2v) is 11.6. The van der Waals surface area contributed by atoms with Crippen LogP contribution < -0.4 is 21.9 Å². The van der Waals surface area contributed by atoms with Crippen LogP contribution in [-0.4, -0.2) is 103 Å². The van der Waals surface area contributed by atoms with Crippen LogP contribution in [0.4, 0.5) is 0 Å². The van der Waals surface area contributed by atoms with E-state index in [1.807, 2.05) is 4.98 Å². The number of morpholine rings is 1. The van der Waals surface area contributed by atoms with Gasteiger partial charge in [-0.1, -0.05) is 20.6 Å². The van der Waals surface area contributed by atoms with Crippen LogP contribution in [0.3, 0.4) is 0 Å². The molecule has 4 heterocycles. The van der Waals surface area contributed by atoms with Crippen LogP contribution in [0.5, 0.6) is 0 Å². The number of aromatic nitrogens is 2. The Balaban J connectivity index is 0.000000367. The molecule has 1 aromatic heterocycles. The van der Waals surface area contributed by atoms with Crippen LogP contribution in [0.2, 0.25) is 0 Å². The van der Waals surface area contributed by atoms with Crippen LogP contribution >= 0.6 is 0 Å². The molecular weight excluding hydrogens is 710 g/mol. The molecule has 18 heteroatoms. The third-order valence-electron chi connectivity index (χ3n) is 7.06. The van der Waals surface area contributed by atoms with E-state index >= 15 is 0 Å². The van der Waals surface area contributed by atoms with Gasteiger partial charge in [-0.15, -0.1) is 0 Å². The highest BCUT2D eigenvalue weighted by Crippen LogP contribution is 2.13. The summed E-state index contributed by atoms with van der Waals surface area (Å²) in [4.78, 5) is 97.6. The van der Waals surface area contributed by atoms with Gasteiger partial charge in [0.2, 0.25) is 11.8 Å². The molecule has 292 valence electrons. The standard InChI is InChI=1S/C19H26N2O6.C16H15N3O7.CH4/c1-15-12-16(13-17(22)20-15)14-27-19(24)5-4-18(23)26-9-3-2-6-21-7-10-25-11-8-21;1-9-4-10(5-12(20)17-9)7-25-14(22)2-3-15(23)26-8-11-6-13(21)19-16(24)18-11;/h4-5,13H,1-3,6-12,14H2,(H,20,22);2-3,5-6H,1,4,7-8H2,(H,17,20)(H2,18,19,21,24);1H4/b5-4+;3-2+;. The molecule has 0 atom stereocenters. The van der Waals surface area contributed by atoms with E-state index in [4.69, 9.17) is 23.7 Å². The number of carbonyl (C=O) groups is 6. The second-order valence-electron chi connectivity index (χ2n) is 11.6. The van der Waals surface area contributed by atoms with Gasteiger partial charge in [0.15, 0.2) is 0 Å². The third kappa shape index (κ3) is 18.4. The van der Waals surface area contributed by atoms with Crippen LogP contribution in [0.25, 0.3) is 0 Å². The van der Waals surface area contributed by atoms with Crippen LogP contribution in [0, 0.1) is 0 Å². The van der Waals surface area contributed by atoms with Gasteiger partial charge >= 0.3 is 29.6 Å². The molecule has 1 fully saturated rings. The van der Waals surface area contributed by atoms with Crippen molar-refractivity contribution >= 4 is 35.7 Å². The summed E-state index contributed by atoms with van der Waals surface area (Å²) in [7, 11) is 0. The number of aromatic amines is 2. The van der Waals surface area contributed by atoms with Crippen molar-refractivity contribution in [1.82, 2.24) is 25.5 Å². The van der Waals surface area contributed by atoms with Crippen LogP contribution in [0.15, 0.2) is 87.8 Å². The molecule has 0 aliphatic carbocycles. The molecule has 0 unspecified atom stereocenters. The SMILES string of the molecule is C.C=C1CC(COC(=O)/C=C/C(=O)OCCCCN2CCOCC2)=CC(=O)N1.C=C1CC(COC(=O)/C=C/C(=O)OCc2cc(=O)[nH]c(=O)[nH]2)=CC(=O)N1. The molecule has 3 aliphatic rings. The van der Waals surface area contributed by atoms with Crippen LogP contribution in [-0.2, 0) is 59.1 Å². The number of nitrogens with one attached hydrogen (secondary N) is 4. The Kier molecular flexibility index (Phi) is 19.1. The first-order chi connectivity index (χ1) is 25.3. The first-order valence-corrected chi connectivity index (χ1v) is 16.4. The fourth-order valence-electron chi connectivity index (χ4n) is 4.69. The number of hydrogen-bond acceptors (Lipinski definition) is 14. The molecular formula is C36H45N5O13. The molecule has 2 amide bonds. The summed E-state index contributed by atoms with van der Waals surface area (Å²) < 4.78 is 25.0. The van der Waals surface area contributed by atoms with E-state index in [1.54, 1.807) is 0 Å². The Morgan fingerprint density at radius 3 is 1.67 bits per heavy atom. The molecule has 4 rings (SSSR count). The fraction of sp³-hybridized carbons (Fsp3) is 0.389. The maximum absolute atomic E-state index is 11.6. The molecule has 0 bridgehead atoms. The number of hydrogen-bond donors (Lipinski definition) is 4. The number of esters is 4. The average molecular weight is 756 g/mol. The van der Waals surface area contributed by atoms with E-state index in [-0.39, 0.29) is 44.8 Å². The third-order valence-corrected chi connectivity index (χ3v) is 7.06. The van der Waals surface area contributed by atoms with E-state index in [9.17, 15) is 38.4 Å². The normalized spacial score (nSPS) is 15.8. The summed E-state index contributed by atoms with van der Waals surface area (Å²) in [6, 6.07) is 1.06. The molecule has 0 saturated carbocycles. The van der Waals surface area contributed by atoms with Crippen molar-refractivity contribution in [3.05, 3.63) is 105 Å². The van der Waals surface area contributed by atoms with Gasteiger partial charge in [0.1, 0.15) is 19.8 Å². The summed E-state index contributed by atoms with van der Waals surface area (Å²) in [5, 5.41) is 5.05. The Morgan fingerprint density at radius 1 is 0.704 bits per heavy atom. The number of carbonyl (C=O) groups excluding carboxylic acids is 6. The highest BCUT2D eigenvalue weighted by atomic mass is 16.5. The molecule has 18 nitrogen and oxygen atoms in total. The monoisotopic (exact) mass is 755 g/mol. The number of H-pyrrole nitrogens is 2. The Hall–Kier alpha value is -6.14. The van der Waals surface area contributed by atoms with E-state index in [1.165, 1.54) is 12.2 Å². The lowest BCUT2D eigenvalue weighted by Gasteiger charge is -2.26. The smallest absolute Gasteiger partial charge is 0.331 e. The topological polar surface area (TPSA) is 242 Å². The van der Waals surface area contributed by atoms with E-state index in [2.05, 4.69) is 33.7 Å². The molecule has 3 aliphatic heterocycles. The maximum Gasteiger partial charge on any atom is 0.331 e. The van der Waals surface area contributed by atoms with Crippen molar-refractivity contribution in [2.45, 2.75) is 39.7 Å². The lowest BCUT2D eigenvalue weighted by molar-refractivity contribution is -0.141. The second kappa shape index (κ2) is 23.4. The van der Waals surface area contributed by atoms with Gasteiger partial charge in [-0.05, 0) is 30.5 Å². The fourth-order valence-corrected chi connectivity index (χ4v) is 4.69. The number of nitrogens with zero attached hydrogens (tertiary/aromatic N) is 1. The maximum atomic E-state index is 11.6. The highest BCUT2D eigenvalue weighted by Gasteiger charge is 2.15. The molecule has 0 spiro atoms. The van der Waals surface area contributed by atoms with E-state index in [0.29, 0.717) is 42.0 Å². The number of unbranched alkanes of at least 4 members (excludes halogenated alkanes) is 1. The van der Waals surface area contributed by atoms with Crippen molar-refractivity contribution in [1.29, 1.82) is 0 Å². The zero-order valence-electron chi connectivity index (χ0n) is 28.9. The zero-order valence-corrected chi connectivity index (χ0v) is 28.9. The van der Waals surface area contributed by atoms with Gasteiger partial charge in [0.25, 0.3) is 5.56 Å². The largest absolute Gasteiger partial charge is 0.463 e. The molecule has 4 N–H and O–H groups in total. The Labute approximate surface area is 310 Å². The minimum atomic E-state index is -0.868. The minimum Gasteiger partial charge on any atom is -0.463 e. The van der Waals surface area contributed by atoms with Crippen molar-refractivity contribution in [2.24, 2.45) is 0 Å². The lowest BCUT2D eigenvalue weighted by Crippen LogP contribution is -2.36. The number of amides is 2. The van der Waals surface area contributed by atoms with Gasteiger partial charge in [0.05, 0.1) is 25.5 Å². The van der Waals surface area contributed by atoms with E-state index in [0.717, 1.165) is 76.1 Å². The highest BCUT2D eigenvalue weighted by molar-refractivity contribution is 5.93. The average Bonchev–Trinajstić information content (AvgIpc) is 3.10. The molecule has 54 heavy (non-hydrogen) atoms. The first-order valence-electron chi connectivity index (χ1n) is 16.4. The number of ether oxygens (including phenoxy) is 5. The molecule has 1 aromatic rings. The van der Waals surface area contributed by atoms with Crippen LogP contribution in [0.1, 0.15) is 38.8 Å². The number of allylic oxidation sites excluding steroid dienone is 2. The molecule has 0 aromatic carbocycles. The van der Waals surface area contributed by atoms with E-state index < -0.39 is 35.1 Å². The predicted molar refractivity (Wildman–Crippen MR) is 192 cm³/mol. The summed E-state index contributed by atoms with van der Waals surface area (Å²) in [6.07, 6.45) is 8.97. The summed E-state index contributed by atoms with van der Waals surface area (Å²) in [5.74, 6) is -3.55. The van der Waals surface area contributed by atoms with Gasteiger partial charge in [0, 0.05) is 79.8 Å². The quantitative estimate of drug-likeness (QED) is 0.0826. The van der Waals surface area contributed by atoms with Gasteiger partial charge in [-0.2, -0.15) is 0 Å². The Bertz CT molecular complexity index is 1770. The zero-order chi connectivity index (χ0) is 38.6. The first kappa shape index (κ1) is 44.0. The van der Waals surface area contributed by atoms with Crippen molar-refractivity contribution < 1.29 is 52.5 Å². The predicted octanol–water partition coefficient (Wildman–Crippen LogP) is 0.503. The van der Waals surface area contributed by atoms with Gasteiger partial charge in [-0.3, -0.25) is 24.3 Å². The molecule has 1 saturated heterocycles. The lowest BCUT2D eigenvalue weighted by atomic mass is 10.1. The summed E-state index contributed by atoms with van der Waals surface area (Å²) in [5.41, 5.74) is 1.02. The van der Waals surface area contributed by atoms with Gasteiger partial charge < -0.3 is 39.3 Å². The van der Waals surface area contributed by atoms with Crippen molar-refractivity contribution in [2.75, 3.05) is 52.7 Å².